The van der Waals surface area contributed by atoms with Gasteiger partial charge in [0, 0.05) is 6.04 Å². The fourth-order valence-corrected chi connectivity index (χ4v) is 7.88. The van der Waals surface area contributed by atoms with E-state index in [0.717, 1.165) is 25.7 Å². The second-order valence-electron chi connectivity index (χ2n) is 10.5. The van der Waals surface area contributed by atoms with E-state index >= 15 is 0 Å². The summed E-state index contributed by atoms with van der Waals surface area (Å²) in [5.74, 6) is 1.88. The smallest absolute Gasteiger partial charge is 0.246 e. The van der Waals surface area contributed by atoms with Gasteiger partial charge in [0.25, 0.3) is 0 Å². The molecule has 3 heterocycles. The van der Waals surface area contributed by atoms with E-state index in [1.807, 2.05) is 9.36 Å². The molecule has 5 fully saturated rings. The summed E-state index contributed by atoms with van der Waals surface area (Å²) in [6, 6.07) is 0.651. The van der Waals surface area contributed by atoms with E-state index in [4.69, 9.17) is 0 Å². The minimum absolute atomic E-state index is 0.000347. The summed E-state index contributed by atoms with van der Waals surface area (Å²) in [5, 5.41) is 0. The van der Waals surface area contributed by atoms with Crippen molar-refractivity contribution in [3.63, 3.8) is 0 Å². The average molecular weight is 343 g/mol. The van der Waals surface area contributed by atoms with Crippen LogP contribution in [-0.4, -0.2) is 13.9 Å². The maximum Gasteiger partial charge on any atom is 0.347 e. The molecule has 1 aromatic rings. The Labute approximate surface area is 148 Å². The van der Waals surface area contributed by atoms with E-state index < -0.39 is 0 Å². The highest BCUT2D eigenvalue weighted by molar-refractivity contribution is 5.13. The monoisotopic (exact) mass is 343 g/mol. The minimum Gasteiger partial charge on any atom is -0.246 e. The molecule has 0 N–H and O–H groups in total. The third kappa shape index (κ3) is 1.43. The van der Waals surface area contributed by atoms with Gasteiger partial charge in [0.15, 0.2) is 0 Å². The Bertz CT molecular complexity index is 840. The lowest BCUT2D eigenvalue weighted by Gasteiger charge is -2.52. The molecule has 5 saturated carbocycles. The van der Waals surface area contributed by atoms with Crippen LogP contribution in [0.2, 0.25) is 0 Å². The second kappa shape index (κ2) is 4.17. The first-order chi connectivity index (χ1) is 11.8. The van der Waals surface area contributed by atoms with Gasteiger partial charge >= 0.3 is 11.4 Å². The molecule has 0 amide bonds. The molecular formula is C20H29N3O2. The summed E-state index contributed by atoms with van der Waals surface area (Å²) >= 11 is 0. The van der Waals surface area contributed by atoms with Gasteiger partial charge in [0.1, 0.15) is 0 Å². The van der Waals surface area contributed by atoms with Crippen LogP contribution in [0, 0.1) is 28.6 Å². The molecule has 0 unspecified atom stereocenters. The molecule has 5 heteroatoms. The van der Waals surface area contributed by atoms with Gasteiger partial charge in [-0.25, -0.2) is 23.5 Å². The van der Waals surface area contributed by atoms with E-state index in [9.17, 15) is 9.59 Å². The molecule has 25 heavy (non-hydrogen) atoms. The number of rotatable bonds is 1. The third-order valence-electron chi connectivity index (χ3n) is 9.81. The minimum atomic E-state index is -0.000347. The Morgan fingerprint density at radius 2 is 1.40 bits per heavy atom. The van der Waals surface area contributed by atoms with Crippen LogP contribution >= 0.6 is 0 Å². The van der Waals surface area contributed by atoms with Crippen molar-refractivity contribution in [3.05, 3.63) is 21.0 Å². The van der Waals surface area contributed by atoms with E-state index in [2.05, 4.69) is 20.8 Å². The first kappa shape index (κ1) is 14.9. The predicted molar refractivity (Wildman–Crippen MR) is 94.7 cm³/mol. The van der Waals surface area contributed by atoms with Gasteiger partial charge in [-0.2, -0.15) is 0 Å². The van der Waals surface area contributed by atoms with Crippen LogP contribution in [0.15, 0.2) is 9.59 Å². The molecule has 5 aliphatic carbocycles. The van der Waals surface area contributed by atoms with E-state index in [1.165, 1.54) is 19.3 Å². The Balaban J connectivity index is 1.56. The van der Waals surface area contributed by atoms with Crippen LogP contribution < -0.4 is 11.4 Å². The zero-order valence-corrected chi connectivity index (χ0v) is 15.6. The van der Waals surface area contributed by atoms with Crippen LogP contribution in [0.4, 0.5) is 0 Å². The Morgan fingerprint density at radius 3 is 1.80 bits per heavy atom. The van der Waals surface area contributed by atoms with Gasteiger partial charge in [0.2, 0.25) is 0 Å². The summed E-state index contributed by atoms with van der Waals surface area (Å²) in [6.07, 6.45) is 8.12. The second-order valence-corrected chi connectivity index (χ2v) is 10.5. The highest BCUT2D eigenvalue weighted by atomic mass is 16.2. The summed E-state index contributed by atoms with van der Waals surface area (Å²) in [6.45, 7) is 7.04. The average Bonchev–Trinajstić information content (AvgIpc) is 3.07. The molecule has 0 radical (unpaired) electrons. The SMILES string of the molecule is CC1(C)[C@@H]2CC[C@]1(C)[C@H](n1c(=O)n3n(c1=O)[C@H]1C[C@@H]4CC[C@@H]1C[C@H]43)C2. The van der Waals surface area contributed by atoms with Crippen molar-refractivity contribution in [3.8, 4) is 0 Å². The molecule has 5 nitrogen and oxygen atoms in total. The molecule has 8 rings (SSSR count). The predicted octanol–water partition coefficient (Wildman–Crippen LogP) is 3.11. The molecule has 136 valence electrons. The molecule has 0 spiro atoms. The molecule has 2 aliphatic heterocycles. The topological polar surface area (TPSA) is 48.9 Å². The van der Waals surface area contributed by atoms with Crippen LogP contribution in [0.3, 0.4) is 0 Å². The van der Waals surface area contributed by atoms with E-state index in [1.54, 1.807) is 4.57 Å². The van der Waals surface area contributed by atoms with Gasteiger partial charge in [-0.15, -0.1) is 0 Å². The van der Waals surface area contributed by atoms with Gasteiger partial charge in [-0.05, 0) is 73.5 Å². The maximum atomic E-state index is 13.4. The van der Waals surface area contributed by atoms with Crippen LogP contribution in [0.1, 0.15) is 83.8 Å². The van der Waals surface area contributed by atoms with Crippen LogP contribution in [0.25, 0.3) is 0 Å². The van der Waals surface area contributed by atoms with Crippen molar-refractivity contribution < 1.29 is 0 Å². The summed E-state index contributed by atoms with van der Waals surface area (Å²) in [5.41, 5.74) is 0.282. The lowest BCUT2D eigenvalue weighted by molar-refractivity contribution is -0.0270. The van der Waals surface area contributed by atoms with Gasteiger partial charge < -0.3 is 0 Å². The third-order valence-corrected chi connectivity index (χ3v) is 9.81. The Hall–Kier alpha value is -1.26. The normalized spacial score (nSPS) is 48.3. The lowest BCUT2D eigenvalue weighted by Crippen LogP contribution is -2.52. The first-order valence-electron chi connectivity index (χ1n) is 10.3. The molecule has 7 aliphatic rings. The van der Waals surface area contributed by atoms with Crippen molar-refractivity contribution in [1.29, 1.82) is 0 Å². The molecule has 1 aromatic heterocycles. The molecular weight excluding hydrogens is 314 g/mol. The van der Waals surface area contributed by atoms with Crippen molar-refractivity contribution in [2.24, 2.45) is 28.6 Å². The number of fused-ring (bicyclic) bond motifs is 3. The van der Waals surface area contributed by atoms with Crippen molar-refractivity contribution in [2.45, 2.75) is 83.8 Å². The largest absolute Gasteiger partial charge is 0.347 e. The number of hydrogen-bond acceptors (Lipinski definition) is 2. The fraction of sp³-hybridized carbons (Fsp3) is 0.900. The van der Waals surface area contributed by atoms with Gasteiger partial charge in [-0.3, -0.25) is 0 Å². The van der Waals surface area contributed by atoms with E-state index in [0.29, 0.717) is 17.8 Å². The standard InChI is InChI=1S/C20H29N3O2/c1-19(2)13-6-7-20(19,3)16(10-13)21-17(24)22-14-9-12-5-4-11(14)8-15(12)23(22)18(21)25/h11-16H,4-10H2,1-3H3/t11-,12+,13-,14+,15-,16-,20-/m1/s1. The molecule has 0 saturated heterocycles. The van der Waals surface area contributed by atoms with Gasteiger partial charge in [-0.1, -0.05) is 20.8 Å². The fourth-order valence-electron chi connectivity index (χ4n) is 7.88. The maximum absolute atomic E-state index is 13.4. The quantitative estimate of drug-likeness (QED) is 0.787. The van der Waals surface area contributed by atoms with Crippen LogP contribution in [0.5, 0.6) is 0 Å². The van der Waals surface area contributed by atoms with Crippen molar-refractivity contribution >= 4 is 0 Å². The Morgan fingerprint density at radius 1 is 0.840 bits per heavy atom. The van der Waals surface area contributed by atoms with Crippen molar-refractivity contribution in [2.75, 3.05) is 0 Å². The van der Waals surface area contributed by atoms with Crippen LogP contribution in [-0.2, 0) is 0 Å². The zero-order valence-electron chi connectivity index (χ0n) is 15.6. The highest BCUT2D eigenvalue weighted by Crippen LogP contribution is 2.69. The highest BCUT2D eigenvalue weighted by Gasteiger charge is 2.63. The molecule has 7 atom stereocenters. The van der Waals surface area contributed by atoms with Crippen molar-refractivity contribution in [1.82, 2.24) is 13.9 Å². The number of aromatic nitrogens is 3. The molecule has 0 aromatic carbocycles. The Kier molecular flexibility index (Phi) is 2.48. The van der Waals surface area contributed by atoms with Gasteiger partial charge in [0.05, 0.1) is 12.1 Å². The first-order valence-corrected chi connectivity index (χ1v) is 10.3. The zero-order chi connectivity index (χ0) is 17.3. The molecule has 6 bridgehead atoms. The summed E-state index contributed by atoms with van der Waals surface area (Å²) in [7, 11) is 0. The van der Waals surface area contributed by atoms with E-state index in [-0.39, 0.29) is 40.3 Å². The summed E-state index contributed by atoms with van der Waals surface area (Å²) < 4.78 is 5.51. The summed E-state index contributed by atoms with van der Waals surface area (Å²) in [4.78, 5) is 26.8. The number of nitrogens with zero attached hydrogens (tertiary/aromatic N) is 3. The lowest BCUT2D eigenvalue weighted by atomic mass is 9.64. The number of hydrogen-bond donors (Lipinski definition) is 0.